The Kier molecular flexibility index (Phi) is 4.19. The predicted octanol–water partition coefficient (Wildman–Crippen LogP) is 4.18. The van der Waals surface area contributed by atoms with Gasteiger partial charge in [0.25, 0.3) is 0 Å². The Morgan fingerprint density at radius 2 is 2.00 bits per heavy atom. The summed E-state index contributed by atoms with van der Waals surface area (Å²) in [5, 5.41) is 4.44. The van der Waals surface area contributed by atoms with E-state index in [4.69, 9.17) is 0 Å². The molecule has 1 N–H and O–H groups in total. The number of anilines is 1. The largest absolute Gasteiger partial charge is 0.373 e. The van der Waals surface area contributed by atoms with E-state index in [-0.39, 0.29) is 0 Å². The van der Waals surface area contributed by atoms with Gasteiger partial charge in [0.05, 0.1) is 5.52 Å². The number of aromatic nitrogens is 1. The number of hydrogen-bond donors (Lipinski definition) is 1. The maximum Gasteiger partial charge on any atom is 0.129 e. The zero-order valence-electron chi connectivity index (χ0n) is 11.6. The van der Waals surface area contributed by atoms with E-state index < -0.39 is 0 Å². The summed E-state index contributed by atoms with van der Waals surface area (Å²) in [6.07, 6.45) is 4.68. The molecular weight excluding hydrogens is 220 g/mol. The number of fused-ring (bicyclic) bond motifs is 1. The van der Waals surface area contributed by atoms with E-state index >= 15 is 0 Å². The number of rotatable bonds is 5. The Morgan fingerprint density at radius 3 is 2.67 bits per heavy atom. The zero-order chi connectivity index (χ0) is 13.0. The number of nitrogens with zero attached hydrogens (tertiary/aromatic N) is 1. The highest BCUT2D eigenvalue weighted by molar-refractivity contribution is 5.82. The fourth-order valence-corrected chi connectivity index (χ4v) is 2.29. The topological polar surface area (TPSA) is 24.9 Å². The smallest absolute Gasteiger partial charge is 0.129 e. The van der Waals surface area contributed by atoms with E-state index in [2.05, 4.69) is 48.4 Å². The predicted molar refractivity (Wildman–Crippen MR) is 79.3 cm³/mol. The number of unbranched alkanes of at least 4 members (excludes halogenated alkanes) is 1. The second kappa shape index (κ2) is 5.85. The van der Waals surface area contributed by atoms with Gasteiger partial charge in [0.15, 0.2) is 0 Å². The van der Waals surface area contributed by atoms with Crippen LogP contribution in [0.5, 0.6) is 0 Å². The van der Waals surface area contributed by atoms with Crippen LogP contribution in [0.2, 0.25) is 0 Å². The first-order chi connectivity index (χ1) is 8.78. The Balaban J connectivity index is 2.42. The summed E-state index contributed by atoms with van der Waals surface area (Å²) in [5.74, 6) is 1.01. The van der Waals surface area contributed by atoms with Crippen molar-refractivity contribution >= 4 is 16.7 Å². The van der Waals surface area contributed by atoms with Gasteiger partial charge < -0.3 is 5.32 Å². The average Bonchev–Trinajstić information content (AvgIpc) is 2.43. The van der Waals surface area contributed by atoms with E-state index in [1.807, 2.05) is 7.05 Å². The molecule has 0 saturated carbocycles. The van der Waals surface area contributed by atoms with Crippen molar-refractivity contribution in [1.29, 1.82) is 0 Å². The fraction of sp³-hybridized carbons (Fsp3) is 0.438. The third kappa shape index (κ3) is 2.63. The van der Waals surface area contributed by atoms with Gasteiger partial charge in [-0.3, -0.25) is 0 Å². The molecule has 0 atom stereocenters. The number of benzene rings is 1. The Bertz CT molecular complexity index is 532. The van der Waals surface area contributed by atoms with Crippen LogP contribution in [0.25, 0.3) is 10.9 Å². The van der Waals surface area contributed by atoms with Crippen LogP contribution in [-0.4, -0.2) is 12.0 Å². The first-order valence-corrected chi connectivity index (χ1v) is 6.88. The summed E-state index contributed by atoms with van der Waals surface area (Å²) in [4.78, 5) is 4.67. The third-order valence-electron chi connectivity index (χ3n) is 3.39. The molecule has 0 aliphatic rings. The number of pyridine rings is 1. The summed E-state index contributed by atoms with van der Waals surface area (Å²) >= 11 is 0. The van der Waals surface area contributed by atoms with Crippen molar-refractivity contribution in [2.24, 2.45) is 0 Å². The van der Waals surface area contributed by atoms with Gasteiger partial charge in [-0.1, -0.05) is 26.3 Å². The van der Waals surface area contributed by atoms with E-state index in [0.717, 1.165) is 17.8 Å². The molecule has 0 spiro atoms. The molecule has 0 unspecified atom stereocenters. The van der Waals surface area contributed by atoms with Crippen molar-refractivity contribution in [3.05, 3.63) is 35.4 Å². The highest BCUT2D eigenvalue weighted by atomic mass is 15.0. The van der Waals surface area contributed by atoms with E-state index in [0.29, 0.717) is 0 Å². The lowest BCUT2D eigenvalue weighted by Crippen LogP contribution is -1.98. The lowest BCUT2D eigenvalue weighted by molar-refractivity contribution is 0.796. The first-order valence-electron chi connectivity index (χ1n) is 6.88. The minimum atomic E-state index is 1.01. The summed E-state index contributed by atoms with van der Waals surface area (Å²) in [6, 6.07) is 8.90. The zero-order valence-corrected chi connectivity index (χ0v) is 11.6. The van der Waals surface area contributed by atoms with E-state index in [9.17, 15) is 0 Å². The molecule has 0 amide bonds. The molecule has 1 heterocycles. The number of aryl methyl sites for hydroxylation is 2. The Morgan fingerprint density at radius 1 is 1.17 bits per heavy atom. The summed E-state index contributed by atoms with van der Waals surface area (Å²) in [6.45, 7) is 4.40. The summed E-state index contributed by atoms with van der Waals surface area (Å²) in [7, 11) is 1.93. The minimum Gasteiger partial charge on any atom is -0.373 e. The van der Waals surface area contributed by atoms with Gasteiger partial charge in [-0.25, -0.2) is 4.98 Å². The van der Waals surface area contributed by atoms with Crippen LogP contribution in [-0.2, 0) is 12.8 Å². The first kappa shape index (κ1) is 12.9. The Labute approximate surface area is 109 Å². The lowest BCUT2D eigenvalue weighted by atomic mass is 10.0. The average molecular weight is 242 g/mol. The monoisotopic (exact) mass is 242 g/mol. The molecule has 2 rings (SSSR count). The molecule has 0 bridgehead atoms. The second-order valence-corrected chi connectivity index (χ2v) is 4.73. The molecule has 0 aliphatic heterocycles. The minimum absolute atomic E-state index is 1.01. The number of hydrogen-bond acceptors (Lipinski definition) is 2. The van der Waals surface area contributed by atoms with Crippen LogP contribution in [0.1, 0.15) is 37.8 Å². The van der Waals surface area contributed by atoms with Gasteiger partial charge in [-0.15, -0.1) is 0 Å². The molecule has 0 aliphatic carbocycles. The van der Waals surface area contributed by atoms with Gasteiger partial charge >= 0.3 is 0 Å². The van der Waals surface area contributed by atoms with Crippen molar-refractivity contribution in [2.45, 2.75) is 39.5 Å². The van der Waals surface area contributed by atoms with Crippen LogP contribution < -0.4 is 5.32 Å². The standard InChI is InChI=1S/C16H22N2/c1-4-6-7-12-8-9-15-14(10-12)11-13(5-2)16(17-3)18-15/h8-11H,4-7H2,1-3H3,(H,17,18). The van der Waals surface area contributed by atoms with Crippen LogP contribution in [0.15, 0.2) is 24.3 Å². The maximum atomic E-state index is 4.67. The van der Waals surface area contributed by atoms with Crippen molar-refractivity contribution < 1.29 is 0 Å². The highest BCUT2D eigenvalue weighted by Crippen LogP contribution is 2.22. The molecule has 18 heavy (non-hydrogen) atoms. The lowest BCUT2D eigenvalue weighted by Gasteiger charge is -2.09. The van der Waals surface area contributed by atoms with Crippen molar-refractivity contribution in [3.8, 4) is 0 Å². The van der Waals surface area contributed by atoms with Crippen LogP contribution >= 0.6 is 0 Å². The molecule has 1 aromatic heterocycles. The van der Waals surface area contributed by atoms with Crippen molar-refractivity contribution in [3.63, 3.8) is 0 Å². The van der Waals surface area contributed by atoms with E-state index in [1.165, 1.54) is 35.8 Å². The van der Waals surface area contributed by atoms with Gasteiger partial charge in [-0.2, -0.15) is 0 Å². The van der Waals surface area contributed by atoms with Gasteiger partial charge in [-0.05, 0) is 48.6 Å². The molecule has 0 radical (unpaired) electrons. The molecule has 1 aromatic carbocycles. The van der Waals surface area contributed by atoms with Gasteiger partial charge in [0, 0.05) is 12.4 Å². The Hall–Kier alpha value is -1.57. The van der Waals surface area contributed by atoms with Crippen LogP contribution in [0.3, 0.4) is 0 Å². The molecule has 0 saturated heterocycles. The SMILES string of the molecule is CCCCc1ccc2nc(NC)c(CC)cc2c1. The van der Waals surface area contributed by atoms with Crippen LogP contribution in [0, 0.1) is 0 Å². The molecule has 2 nitrogen and oxygen atoms in total. The molecule has 2 heteroatoms. The molecular formula is C16H22N2. The molecule has 96 valence electrons. The van der Waals surface area contributed by atoms with Crippen LogP contribution in [0.4, 0.5) is 5.82 Å². The van der Waals surface area contributed by atoms with Gasteiger partial charge in [0.1, 0.15) is 5.82 Å². The van der Waals surface area contributed by atoms with Crippen molar-refractivity contribution in [1.82, 2.24) is 4.98 Å². The normalized spacial score (nSPS) is 10.8. The molecule has 2 aromatic rings. The van der Waals surface area contributed by atoms with E-state index in [1.54, 1.807) is 0 Å². The second-order valence-electron chi connectivity index (χ2n) is 4.73. The summed E-state index contributed by atoms with van der Waals surface area (Å²) in [5.41, 5.74) is 3.79. The third-order valence-corrected chi connectivity index (χ3v) is 3.39. The summed E-state index contributed by atoms with van der Waals surface area (Å²) < 4.78 is 0. The van der Waals surface area contributed by atoms with Crippen molar-refractivity contribution in [2.75, 3.05) is 12.4 Å². The highest BCUT2D eigenvalue weighted by Gasteiger charge is 2.04. The number of nitrogens with one attached hydrogen (secondary N) is 1. The quantitative estimate of drug-likeness (QED) is 0.850. The molecule has 0 fully saturated rings. The maximum absolute atomic E-state index is 4.67. The fourth-order valence-electron chi connectivity index (χ4n) is 2.29. The van der Waals surface area contributed by atoms with Gasteiger partial charge in [0.2, 0.25) is 0 Å².